The van der Waals surface area contributed by atoms with Crippen molar-refractivity contribution in [2.75, 3.05) is 11.1 Å². The lowest BCUT2D eigenvalue weighted by atomic mass is 10.3. The Bertz CT molecular complexity index is 786. The number of benzene rings is 1. The van der Waals surface area contributed by atoms with Gasteiger partial charge in [0.05, 0.1) is 22.2 Å². The average molecular weight is 381 g/mol. The fourth-order valence-electron chi connectivity index (χ4n) is 1.89. The number of carbonyl (C=O) groups is 1. The molecule has 23 heavy (non-hydrogen) atoms. The van der Waals surface area contributed by atoms with Crippen LogP contribution in [0, 0.1) is 0 Å². The van der Waals surface area contributed by atoms with E-state index in [9.17, 15) is 4.79 Å². The van der Waals surface area contributed by atoms with Gasteiger partial charge in [-0.2, -0.15) is 11.3 Å². The summed E-state index contributed by atoms with van der Waals surface area (Å²) in [6.45, 7) is 0. The third kappa shape index (κ3) is 4.57. The molecule has 3 nitrogen and oxygen atoms in total. The number of nitrogens with one attached hydrogen (secondary N) is 1. The monoisotopic (exact) mass is 380 g/mol. The molecule has 0 aliphatic rings. The number of halogens is 1. The van der Waals surface area contributed by atoms with Crippen molar-refractivity contribution in [3.63, 3.8) is 0 Å². The molecule has 0 unspecified atom stereocenters. The number of thiophene rings is 1. The number of hydrogen-bond donors (Lipinski definition) is 1. The summed E-state index contributed by atoms with van der Waals surface area (Å²) in [5, 5.41) is 10.6. The van der Waals surface area contributed by atoms with Gasteiger partial charge in [-0.3, -0.25) is 4.79 Å². The van der Waals surface area contributed by atoms with Crippen molar-refractivity contribution >= 4 is 57.6 Å². The van der Waals surface area contributed by atoms with Gasteiger partial charge in [0, 0.05) is 22.1 Å². The van der Waals surface area contributed by atoms with Crippen LogP contribution in [0.25, 0.3) is 10.6 Å². The van der Waals surface area contributed by atoms with Gasteiger partial charge in [0.2, 0.25) is 5.91 Å². The first-order chi connectivity index (χ1) is 11.2. The summed E-state index contributed by atoms with van der Waals surface area (Å²) >= 11 is 10.9. The van der Waals surface area contributed by atoms with Crippen molar-refractivity contribution in [2.24, 2.45) is 0 Å². The molecule has 2 heterocycles. The molecular weight excluding hydrogens is 368 g/mol. The summed E-state index contributed by atoms with van der Waals surface area (Å²) in [4.78, 5) is 16.5. The summed E-state index contributed by atoms with van der Waals surface area (Å²) in [5.41, 5.74) is 2.81. The van der Waals surface area contributed by atoms with Crippen molar-refractivity contribution in [3.05, 3.63) is 57.2 Å². The van der Waals surface area contributed by atoms with E-state index in [1.165, 1.54) is 0 Å². The molecule has 1 N–H and O–H groups in total. The van der Waals surface area contributed by atoms with Crippen LogP contribution in [0.5, 0.6) is 0 Å². The van der Waals surface area contributed by atoms with Crippen LogP contribution in [-0.2, 0) is 10.5 Å². The van der Waals surface area contributed by atoms with Crippen LogP contribution in [0.1, 0.15) is 5.69 Å². The van der Waals surface area contributed by atoms with Crippen LogP contribution in [-0.4, -0.2) is 16.6 Å². The normalized spacial score (nSPS) is 10.7. The Hall–Kier alpha value is -1.34. The smallest absolute Gasteiger partial charge is 0.234 e. The number of hydrogen-bond acceptors (Lipinski definition) is 5. The lowest BCUT2D eigenvalue weighted by molar-refractivity contribution is -0.113. The molecule has 0 radical (unpaired) electrons. The van der Waals surface area contributed by atoms with Crippen LogP contribution < -0.4 is 5.32 Å². The number of aromatic nitrogens is 1. The summed E-state index contributed by atoms with van der Waals surface area (Å²) < 4.78 is 0. The van der Waals surface area contributed by atoms with Crippen LogP contribution in [0.4, 0.5) is 5.69 Å². The predicted molar refractivity (Wildman–Crippen MR) is 102 cm³/mol. The minimum absolute atomic E-state index is 0.0589. The van der Waals surface area contributed by atoms with Crippen LogP contribution in [0.15, 0.2) is 46.5 Å². The third-order valence-electron chi connectivity index (χ3n) is 2.95. The average Bonchev–Trinajstić information content (AvgIpc) is 3.20. The first kappa shape index (κ1) is 16.5. The van der Waals surface area contributed by atoms with E-state index in [0.717, 1.165) is 22.0 Å². The number of amides is 1. The van der Waals surface area contributed by atoms with Gasteiger partial charge in [-0.05, 0) is 23.6 Å². The molecule has 0 aliphatic carbocycles. The van der Waals surface area contributed by atoms with Gasteiger partial charge in [-0.1, -0.05) is 23.7 Å². The molecule has 7 heteroatoms. The Morgan fingerprint density at radius 2 is 2.13 bits per heavy atom. The molecule has 0 spiro atoms. The molecule has 0 atom stereocenters. The lowest BCUT2D eigenvalue weighted by Gasteiger charge is -2.06. The van der Waals surface area contributed by atoms with Gasteiger partial charge in [0.25, 0.3) is 0 Å². The number of carbonyl (C=O) groups excluding carboxylic acids is 1. The van der Waals surface area contributed by atoms with Crippen molar-refractivity contribution < 1.29 is 4.79 Å². The fraction of sp³-hybridized carbons (Fsp3) is 0.125. The zero-order valence-corrected chi connectivity index (χ0v) is 15.2. The Balaban J connectivity index is 1.48. The maximum Gasteiger partial charge on any atom is 0.234 e. The second kappa shape index (κ2) is 7.97. The second-order valence-corrected chi connectivity index (χ2v) is 7.71. The van der Waals surface area contributed by atoms with E-state index in [-0.39, 0.29) is 5.91 Å². The minimum Gasteiger partial charge on any atom is -0.324 e. The molecule has 0 saturated heterocycles. The van der Waals surface area contributed by atoms with Gasteiger partial charge >= 0.3 is 0 Å². The molecular formula is C16H13ClN2OS3. The van der Waals surface area contributed by atoms with Crippen molar-refractivity contribution in [2.45, 2.75) is 5.75 Å². The molecule has 3 aromatic rings. The highest BCUT2D eigenvalue weighted by Gasteiger charge is 2.08. The Morgan fingerprint density at radius 1 is 1.26 bits per heavy atom. The topological polar surface area (TPSA) is 42.0 Å². The maximum atomic E-state index is 11.9. The molecule has 1 aromatic carbocycles. The van der Waals surface area contributed by atoms with E-state index in [1.807, 2.05) is 22.9 Å². The number of thiazole rings is 1. The van der Waals surface area contributed by atoms with Gasteiger partial charge in [0.15, 0.2) is 0 Å². The first-order valence-electron chi connectivity index (χ1n) is 6.81. The largest absolute Gasteiger partial charge is 0.324 e. The quantitative estimate of drug-likeness (QED) is 0.622. The van der Waals surface area contributed by atoms with Gasteiger partial charge in [-0.15, -0.1) is 23.1 Å². The maximum absolute atomic E-state index is 11.9. The lowest BCUT2D eigenvalue weighted by Crippen LogP contribution is -2.14. The van der Waals surface area contributed by atoms with E-state index in [0.29, 0.717) is 16.5 Å². The van der Waals surface area contributed by atoms with Crippen LogP contribution in [0.2, 0.25) is 5.02 Å². The van der Waals surface area contributed by atoms with Crippen LogP contribution >= 0.6 is 46.0 Å². The number of thioether (sulfide) groups is 1. The summed E-state index contributed by atoms with van der Waals surface area (Å²) in [7, 11) is 0. The van der Waals surface area contributed by atoms with E-state index in [1.54, 1.807) is 46.6 Å². The Morgan fingerprint density at radius 3 is 2.91 bits per heavy atom. The molecule has 118 valence electrons. The standard InChI is InChI=1S/C16H13ClN2OS3/c17-13-3-1-2-4-14(13)19-15(20)10-22-8-12-9-23-16(18-12)11-5-6-21-7-11/h1-7,9H,8,10H2,(H,19,20). The highest BCUT2D eigenvalue weighted by Crippen LogP contribution is 2.27. The molecule has 0 bridgehead atoms. The van der Waals surface area contributed by atoms with Crippen LogP contribution in [0.3, 0.4) is 0 Å². The Labute approximate surface area is 151 Å². The number of anilines is 1. The summed E-state index contributed by atoms with van der Waals surface area (Å²) in [6, 6.07) is 9.29. The molecule has 2 aromatic heterocycles. The van der Waals surface area contributed by atoms with E-state index < -0.39 is 0 Å². The zero-order valence-electron chi connectivity index (χ0n) is 12.0. The number of rotatable bonds is 6. The SMILES string of the molecule is O=C(CSCc1csc(-c2ccsc2)n1)Nc1ccccc1Cl. The van der Waals surface area contributed by atoms with Crippen molar-refractivity contribution in [1.29, 1.82) is 0 Å². The van der Waals surface area contributed by atoms with Gasteiger partial charge < -0.3 is 5.32 Å². The third-order valence-corrected chi connectivity index (χ3v) is 5.87. The summed E-state index contributed by atoms with van der Waals surface area (Å²) in [6.07, 6.45) is 0. The van der Waals surface area contributed by atoms with E-state index >= 15 is 0 Å². The minimum atomic E-state index is -0.0589. The summed E-state index contributed by atoms with van der Waals surface area (Å²) in [5.74, 6) is 1.03. The van der Waals surface area contributed by atoms with Gasteiger partial charge in [0.1, 0.15) is 5.01 Å². The molecule has 1 amide bonds. The number of para-hydroxylation sites is 1. The van der Waals surface area contributed by atoms with E-state index in [4.69, 9.17) is 11.6 Å². The molecule has 3 rings (SSSR count). The van der Waals surface area contributed by atoms with Gasteiger partial charge in [-0.25, -0.2) is 4.98 Å². The van der Waals surface area contributed by atoms with Crippen molar-refractivity contribution in [3.8, 4) is 10.6 Å². The Kier molecular flexibility index (Phi) is 5.72. The molecule has 0 saturated carbocycles. The molecule has 0 aliphatic heterocycles. The van der Waals surface area contributed by atoms with E-state index in [2.05, 4.69) is 21.7 Å². The highest BCUT2D eigenvalue weighted by atomic mass is 35.5. The fourth-order valence-corrected chi connectivity index (χ4v) is 4.43. The van der Waals surface area contributed by atoms with Crippen molar-refractivity contribution in [1.82, 2.24) is 4.98 Å². The number of nitrogens with zero attached hydrogens (tertiary/aromatic N) is 1. The predicted octanol–water partition coefficient (Wildman–Crippen LogP) is 5.40. The highest BCUT2D eigenvalue weighted by molar-refractivity contribution is 7.99. The zero-order chi connectivity index (χ0) is 16.1. The first-order valence-corrected chi connectivity index (χ1v) is 10.2. The molecule has 0 fully saturated rings. The second-order valence-electron chi connectivity index (χ2n) is 4.68.